The van der Waals surface area contributed by atoms with Crippen LogP contribution in [0, 0.1) is 0 Å². The Bertz CT molecular complexity index is 1090. The van der Waals surface area contributed by atoms with Gasteiger partial charge in [-0.2, -0.15) is 5.10 Å². The van der Waals surface area contributed by atoms with Crippen molar-refractivity contribution in [1.29, 1.82) is 0 Å². The SMILES string of the molecule is CO[C@H](C(=O)Nc1nnc(N[C@@H]2CCN(c3cccnn3)C2)s1)c1ccccc1C1COC1. The van der Waals surface area contributed by atoms with Gasteiger partial charge in [-0.25, -0.2) is 0 Å². The first-order valence-electron chi connectivity index (χ1n) is 10.8. The van der Waals surface area contributed by atoms with Gasteiger partial charge in [-0.3, -0.25) is 10.1 Å². The molecule has 0 unspecified atom stereocenters. The Morgan fingerprint density at radius 1 is 1.18 bits per heavy atom. The number of nitrogens with zero attached hydrogens (tertiary/aromatic N) is 5. The molecule has 11 heteroatoms. The fourth-order valence-electron chi connectivity index (χ4n) is 4.14. The number of nitrogens with one attached hydrogen (secondary N) is 2. The van der Waals surface area contributed by atoms with Gasteiger partial charge in [0.05, 0.1) is 13.2 Å². The maximum atomic E-state index is 13.0. The van der Waals surface area contributed by atoms with E-state index in [0.717, 1.165) is 36.5 Å². The largest absolute Gasteiger partial charge is 0.380 e. The summed E-state index contributed by atoms with van der Waals surface area (Å²) in [7, 11) is 1.54. The Hall–Kier alpha value is -3.15. The number of carbonyl (C=O) groups is 1. The molecule has 0 spiro atoms. The lowest BCUT2D eigenvalue weighted by molar-refractivity contribution is -0.126. The molecule has 0 bridgehead atoms. The maximum absolute atomic E-state index is 13.0. The average Bonchev–Trinajstić information content (AvgIpc) is 3.45. The highest BCUT2D eigenvalue weighted by atomic mass is 32.1. The fraction of sp³-hybridized carbons (Fsp3) is 0.409. The second-order valence-corrected chi connectivity index (χ2v) is 9.02. The summed E-state index contributed by atoms with van der Waals surface area (Å²) in [6, 6.07) is 11.9. The van der Waals surface area contributed by atoms with E-state index in [1.165, 1.54) is 18.4 Å². The van der Waals surface area contributed by atoms with Gasteiger partial charge in [-0.15, -0.1) is 15.3 Å². The Kier molecular flexibility index (Phi) is 6.42. The molecule has 3 aromatic rings. The highest BCUT2D eigenvalue weighted by molar-refractivity contribution is 7.19. The van der Waals surface area contributed by atoms with E-state index in [2.05, 4.69) is 35.9 Å². The van der Waals surface area contributed by atoms with Crippen LogP contribution < -0.4 is 15.5 Å². The lowest BCUT2D eigenvalue weighted by Crippen LogP contribution is -2.29. The number of methoxy groups -OCH3 is 1. The third kappa shape index (κ3) is 4.80. The highest BCUT2D eigenvalue weighted by Gasteiger charge is 2.30. The first kappa shape index (κ1) is 21.7. The van der Waals surface area contributed by atoms with Crippen molar-refractivity contribution in [3.8, 4) is 0 Å². The summed E-state index contributed by atoms with van der Waals surface area (Å²) in [4.78, 5) is 15.2. The van der Waals surface area contributed by atoms with Crippen LogP contribution in [-0.2, 0) is 14.3 Å². The molecule has 1 aromatic carbocycles. The van der Waals surface area contributed by atoms with Crippen molar-refractivity contribution in [1.82, 2.24) is 20.4 Å². The van der Waals surface area contributed by atoms with E-state index in [4.69, 9.17) is 9.47 Å². The number of carbonyl (C=O) groups excluding carboxylic acids is 1. The van der Waals surface area contributed by atoms with Gasteiger partial charge >= 0.3 is 0 Å². The molecular weight excluding hydrogens is 442 g/mol. The third-order valence-electron chi connectivity index (χ3n) is 5.88. The Morgan fingerprint density at radius 3 is 2.79 bits per heavy atom. The molecule has 0 saturated carbocycles. The topological polar surface area (TPSA) is 114 Å². The standard InChI is InChI=1S/C22H25N7O3S/c1-31-19(17-6-3-2-5-16(17)14-12-32-13-14)20(30)25-22-28-27-21(33-22)24-15-8-10-29(11-15)18-7-4-9-23-26-18/h2-7,9,14-15,19H,8,10-13H2,1H3,(H,24,27)(H,25,28,30)/t15-,19+/m1/s1. The Morgan fingerprint density at radius 2 is 2.03 bits per heavy atom. The van der Waals surface area contributed by atoms with E-state index in [1.54, 1.807) is 6.20 Å². The summed E-state index contributed by atoms with van der Waals surface area (Å²) >= 11 is 1.31. The number of benzene rings is 1. The van der Waals surface area contributed by atoms with Gasteiger partial charge in [0.15, 0.2) is 11.9 Å². The zero-order chi connectivity index (χ0) is 22.6. The van der Waals surface area contributed by atoms with Gasteiger partial charge in [0.25, 0.3) is 5.91 Å². The molecule has 1 amide bonds. The van der Waals surface area contributed by atoms with Crippen LogP contribution in [0.3, 0.4) is 0 Å². The minimum Gasteiger partial charge on any atom is -0.380 e. The number of hydrogen-bond acceptors (Lipinski definition) is 10. The van der Waals surface area contributed by atoms with Crippen LogP contribution in [-0.4, -0.2) is 65.8 Å². The number of aromatic nitrogens is 4. The van der Waals surface area contributed by atoms with Crippen molar-refractivity contribution in [2.24, 2.45) is 0 Å². The average molecular weight is 468 g/mol. The molecule has 10 nitrogen and oxygen atoms in total. The van der Waals surface area contributed by atoms with Crippen molar-refractivity contribution in [3.05, 3.63) is 53.7 Å². The van der Waals surface area contributed by atoms with E-state index in [-0.39, 0.29) is 17.9 Å². The summed E-state index contributed by atoms with van der Waals surface area (Å²) < 4.78 is 10.9. The lowest BCUT2D eigenvalue weighted by atomic mass is 9.90. The van der Waals surface area contributed by atoms with Gasteiger partial charge in [0.2, 0.25) is 10.3 Å². The second kappa shape index (κ2) is 9.77. The molecule has 2 atom stereocenters. The van der Waals surface area contributed by atoms with Crippen LogP contribution in [0.1, 0.15) is 29.6 Å². The molecule has 4 heterocycles. The first-order valence-corrected chi connectivity index (χ1v) is 11.7. The predicted octanol–water partition coefficient (Wildman–Crippen LogP) is 2.46. The molecule has 2 fully saturated rings. The normalized spacial score (nSPS) is 19.2. The molecular formula is C22H25N7O3S. The molecule has 2 aliphatic rings. The van der Waals surface area contributed by atoms with Gasteiger partial charge in [-0.1, -0.05) is 35.6 Å². The van der Waals surface area contributed by atoms with Crippen molar-refractivity contribution < 1.29 is 14.3 Å². The van der Waals surface area contributed by atoms with Gasteiger partial charge < -0.3 is 19.7 Å². The van der Waals surface area contributed by atoms with E-state index in [9.17, 15) is 4.79 Å². The summed E-state index contributed by atoms with van der Waals surface area (Å²) in [6.07, 6.45) is 1.88. The third-order valence-corrected chi connectivity index (χ3v) is 6.65. The van der Waals surface area contributed by atoms with Crippen LogP contribution in [0.15, 0.2) is 42.6 Å². The number of hydrogen-bond donors (Lipinski definition) is 2. The highest BCUT2D eigenvalue weighted by Crippen LogP contribution is 2.33. The molecule has 172 valence electrons. The monoisotopic (exact) mass is 467 g/mol. The maximum Gasteiger partial charge on any atom is 0.259 e. The second-order valence-electron chi connectivity index (χ2n) is 8.04. The Balaban J connectivity index is 1.20. The summed E-state index contributed by atoms with van der Waals surface area (Å²) in [5.74, 6) is 0.880. The smallest absolute Gasteiger partial charge is 0.259 e. The molecule has 5 rings (SSSR count). The molecule has 2 N–H and O–H groups in total. The lowest BCUT2D eigenvalue weighted by Gasteiger charge is -2.29. The molecule has 2 saturated heterocycles. The number of ether oxygens (including phenoxy) is 2. The molecule has 2 aliphatic heterocycles. The molecule has 2 aromatic heterocycles. The van der Waals surface area contributed by atoms with Crippen LogP contribution in [0.2, 0.25) is 0 Å². The minimum atomic E-state index is -0.738. The quantitative estimate of drug-likeness (QED) is 0.515. The van der Waals surface area contributed by atoms with E-state index in [1.807, 2.05) is 36.4 Å². The van der Waals surface area contributed by atoms with Gasteiger partial charge in [0, 0.05) is 38.4 Å². The Labute approximate surface area is 195 Å². The van der Waals surface area contributed by atoms with E-state index < -0.39 is 6.10 Å². The van der Waals surface area contributed by atoms with Crippen LogP contribution in [0.25, 0.3) is 0 Å². The fourth-order valence-corrected chi connectivity index (χ4v) is 4.86. The van der Waals surface area contributed by atoms with Crippen LogP contribution in [0.4, 0.5) is 16.1 Å². The molecule has 0 aliphatic carbocycles. The minimum absolute atomic E-state index is 0.215. The zero-order valence-electron chi connectivity index (χ0n) is 18.2. The number of rotatable bonds is 8. The van der Waals surface area contributed by atoms with Crippen LogP contribution in [0.5, 0.6) is 0 Å². The number of anilines is 3. The van der Waals surface area contributed by atoms with Crippen molar-refractivity contribution in [2.45, 2.75) is 24.5 Å². The predicted molar refractivity (Wildman–Crippen MR) is 125 cm³/mol. The summed E-state index contributed by atoms with van der Waals surface area (Å²) in [5, 5.41) is 23.8. The van der Waals surface area contributed by atoms with Crippen molar-refractivity contribution in [3.63, 3.8) is 0 Å². The molecule has 33 heavy (non-hydrogen) atoms. The van der Waals surface area contributed by atoms with E-state index >= 15 is 0 Å². The van der Waals surface area contributed by atoms with Gasteiger partial charge in [-0.05, 0) is 29.7 Å². The van der Waals surface area contributed by atoms with Gasteiger partial charge in [0.1, 0.15) is 0 Å². The number of amides is 1. The summed E-state index contributed by atoms with van der Waals surface area (Å²) in [5.41, 5.74) is 1.93. The zero-order valence-corrected chi connectivity index (χ0v) is 19.0. The van der Waals surface area contributed by atoms with Crippen molar-refractivity contribution in [2.75, 3.05) is 48.9 Å². The van der Waals surface area contributed by atoms with E-state index in [0.29, 0.717) is 23.5 Å². The van der Waals surface area contributed by atoms with Crippen molar-refractivity contribution >= 4 is 33.3 Å². The summed E-state index contributed by atoms with van der Waals surface area (Å²) in [6.45, 7) is 3.01. The van der Waals surface area contributed by atoms with Crippen LogP contribution >= 0.6 is 11.3 Å². The molecule has 0 radical (unpaired) electrons. The first-order chi connectivity index (χ1) is 16.2.